The Morgan fingerprint density at radius 1 is 1.27 bits per heavy atom. The van der Waals surface area contributed by atoms with E-state index in [0.717, 1.165) is 6.54 Å². The second-order valence-corrected chi connectivity index (χ2v) is 11.0. The van der Waals surface area contributed by atoms with Gasteiger partial charge in [0, 0.05) is 12.4 Å². The highest BCUT2D eigenvalue weighted by atomic mass is 35.5. The Hall–Kier alpha value is 0.427. The Labute approximate surface area is 101 Å². The van der Waals surface area contributed by atoms with E-state index in [1.807, 2.05) is 0 Å². The van der Waals surface area contributed by atoms with Gasteiger partial charge in [0.25, 0.3) is 0 Å². The quantitative estimate of drug-likeness (QED) is 0.550. The summed E-state index contributed by atoms with van der Waals surface area (Å²) in [4.78, 5) is 2.13. The first kappa shape index (κ1) is 15.4. The number of nitrogens with zero attached hydrogens (tertiary/aromatic N) is 1. The molecule has 0 bridgehead atoms. The summed E-state index contributed by atoms with van der Waals surface area (Å²) >= 11 is 5.94. The molecule has 0 saturated heterocycles. The Kier molecular flexibility index (Phi) is 5.83. The third-order valence-corrected chi connectivity index (χ3v) is 7.89. The summed E-state index contributed by atoms with van der Waals surface area (Å²) in [5, 5.41) is 0.254. The molecule has 0 radical (unpaired) electrons. The van der Waals surface area contributed by atoms with E-state index in [4.69, 9.17) is 16.0 Å². The molecule has 4 heteroatoms. The Morgan fingerprint density at radius 2 is 1.73 bits per heavy atom. The van der Waals surface area contributed by atoms with Gasteiger partial charge in [-0.05, 0) is 32.2 Å². The van der Waals surface area contributed by atoms with Crippen LogP contribution in [0.3, 0.4) is 0 Å². The molecule has 0 aromatic carbocycles. The zero-order valence-electron chi connectivity index (χ0n) is 11.2. The van der Waals surface area contributed by atoms with Gasteiger partial charge in [0.05, 0.1) is 6.10 Å². The van der Waals surface area contributed by atoms with Crippen molar-refractivity contribution in [1.29, 1.82) is 0 Å². The topological polar surface area (TPSA) is 12.5 Å². The van der Waals surface area contributed by atoms with Gasteiger partial charge in [0.15, 0.2) is 8.32 Å². The summed E-state index contributed by atoms with van der Waals surface area (Å²) in [5.74, 6) is 0.574. The molecule has 0 amide bonds. The van der Waals surface area contributed by atoms with Crippen LogP contribution in [0.2, 0.25) is 18.1 Å². The van der Waals surface area contributed by atoms with Gasteiger partial charge in [-0.2, -0.15) is 0 Å². The van der Waals surface area contributed by atoms with E-state index < -0.39 is 8.32 Å². The van der Waals surface area contributed by atoms with E-state index in [0.29, 0.717) is 5.88 Å². The van der Waals surface area contributed by atoms with Crippen LogP contribution in [0.5, 0.6) is 0 Å². The summed E-state index contributed by atoms with van der Waals surface area (Å²) in [7, 11) is 2.43. The predicted octanol–water partition coefficient (Wildman–Crippen LogP) is 3.18. The monoisotopic (exact) mass is 251 g/mol. The predicted molar refractivity (Wildman–Crippen MR) is 71.3 cm³/mol. The number of halogens is 1. The van der Waals surface area contributed by atoms with Crippen LogP contribution in [0.1, 0.15) is 20.8 Å². The SMILES string of the molecule is CN(C)C[C@@H](CCl)O[Si](C)(C)C(C)(C)C. The standard InChI is InChI=1S/C11H26ClNOSi/c1-11(2,3)15(6,7)14-10(8-12)9-13(4)5/h10H,8-9H2,1-7H3/t10-/m1/s1. The van der Waals surface area contributed by atoms with Gasteiger partial charge in [-0.1, -0.05) is 20.8 Å². The second kappa shape index (κ2) is 5.67. The minimum atomic E-state index is -1.67. The minimum absolute atomic E-state index is 0.155. The van der Waals surface area contributed by atoms with Crippen molar-refractivity contribution < 1.29 is 4.43 Å². The molecule has 0 aromatic heterocycles. The van der Waals surface area contributed by atoms with Crippen molar-refractivity contribution in [3.63, 3.8) is 0 Å². The summed E-state index contributed by atoms with van der Waals surface area (Å²) < 4.78 is 6.23. The van der Waals surface area contributed by atoms with Crippen molar-refractivity contribution >= 4 is 19.9 Å². The molecule has 0 aliphatic rings. The largest absolute Gasteiger partial charge is 0.411 e. The number of likely N-dealkylation sites (N-methyl/N-ethyl adjacent to an activating group) is 1. The van der Waals surface area contributed by atoms with Gasteiger partial charge in [-0.3, -0.25) is 0 Å². The third kappa shape index (κ3) is 5.34. The van der Waals surface area contributed by atoms with Crippen molar-refractivity contribution in [2.75, 3.05) is 26.5 Å². The summed E-state index contributed by atoms with van der Waals surface area (Å²) in [6, 6.07) is 0. The maximum atomic E-state index is 6.23. The highest BCUT2D eigenvalue weighted by molar-refractivity contribution is 6.74. The fourth-order valence-electron chi connectivity index (χ4n) is 1.12. The van der Waals surface area contributed by atoms with Crippen molar-refractivity contribution in [3.05, 3.63) is 0 Å². The molecule has 0 N–H and O–H groups in total. The smallest absolute Gasteiger partial charge is 0.192 e. The van der Waals surface area contributed by atoms with Gasteiger partial charge in [0.2, 0.25) is 0 Å². The molecule has 0 heterocycles. The molecule has 1 atom stereocenters. The first-order valence-corrected chi connectivity index (χ1v) is 8.93. The molecule has 0 fully saturated rings. The number of alkyl halides is 1. The van der Waals surface area contributed by atoms with E-state index in [2.05, 4.69) is 52.9 Å². The van der Waals surface area contributed by atoms with Crippen LogP contribution in [-0.2, 0) is 4.43 Å². The number of hydrogen-bond acceptors (Lipinski definition) is 2. The molecule has 0 spiro atoms. The van der Waals surface area contributed by atoms with Gasteiger partial charge < -0.3 is 9.33 Å². The fourth-order valence-corrected chi connectivity index (χ4v) is 2.73. The van der Waals surface area contributed by atoms with Crippen LogP contribution in [0.15, 0.2) is 0 Å². The molecule has 2 nitrogen and oxygen atoms in total. The zero-order chi connectivity index (χ0) is 12.3. The lowest BCUT2D eigenvalue weighted by Crippen LogP contribution is -2.46. The molecular weight excluding hydrogens is 226 g/mol. The van der Waals surface area contributed by atoms with Crippen LogP contribution in [-0.4, -0.2) is 45.8 Å². The van der Waals surface area contributed by atoms with E-state index in [1.54, 1.807) is 0 Å². The van der Waals surface area contributed by atoms with Gasteiger partial charge >= 0.3 is 0 Å². The summed E-state index contributed by atoms with van der Waals surface area (Å²) in [6.07, 6.45) is 0.155. The third-order valence-electron chi connectivity index (χ3n) is 3.01. The van der Waals surface area contributed by atoms with E-state index >= 15 is 0 Å². The molecule has 0 saturated carbocycles. The van der Waals surface area contributed by atoms with Crippen LogP contribution >= 0.6 is 11.6 Å². The lowest BCUT2D eigenvalue weighted by atomic mass is 10.2. The van der Waals surface area contributed by atoms with Gasteiger partial charge in [0.1, 0.15) is 0 Å². The Morgan fingerprint density at radius 3 is 2.00 bits per heavy atom. The normalized spacial score (nSPS) is 15.8. The average Bonchev–Trinajstić information content (AvgIpc) is 1.99. The Bertz CT molecular complexity index is 190. The summed E-state index contributed by atoms with van der Waals surface area (Å²) in [5.41, 5.74) is 0. The molecule has 92 valence electrons. The highest BCUT2D eigenvalue weighted by Gasteiger charge is 2.38. The van der Waals surface area contributed by atoms with Crippen molar-refractivity contribution in [1.82, 2.24) is 4.90 Å². The lowest BCUT2D eigenvalue weighted by Gasteiger charge is -2.39. The number of rotatable bonds is 5. The molecule has 15 heavy (non-hydrogen) atoms. The summed E-state index contributed by atoms with van der Waals surface area (Å²) in [6.45, 7) is 12.2. The van der Waals surface area contributed by atoms with Crippen LogP contribution in [0, 0.1) is 0 Å². The second-order valence-electron chi connectivity index (χ2n) is 5.92. The van der Waals surface area contributed by atoms with Gasteiger partial charge in [-0.25, -0.2) is 0 Å². The number of hydrogen-bond donors (Lipinski definition) is 0. The first-order valence-electron chi connectivity index (χ1n) is 5.48. The first-order chi connectivity index (χ1) is 6.60. The minimum Gasteiger partial charge on any atom is -0.411 e. The molecule has 0 aromatic rings. The molecular formula is C11H26ClNOSi. The average molecular weight is 252 g/mol. The van der Waals surface area contributed by atoms with E-state index in [1.165, 1.54) is 0 Å². The van der Waals surface area contributed by atoms with Crippen molar-refractivity contribution in [3.8, 4) is 0 Å². The van der Waals surface area contributed by atoms with Crippen molar-refractivity contribution in [2.24, 2.45) is 0 Å². The van der Waals surface area contributed by atoms with Crippen LogP contribution in [0.4, 0.5) is 0 Å². The van der Waals surface area contributed by atoms with Crippen molar-refractivity contribution in [2.45, 2.75) is 45.0 Å². The highest BCUT2D eigenvalue weighted by Crippen LogP contribution is 2.37. The van der Waals surface area contributed by atoms with E-state index in [-0.39, 0.29) is 11.1 Å². The fraction of sp³-hybridized carbons (Fsp3) is 1.00. The maximum absolute atomic E-state index is 6.23. The lowest BCUT2D eigenvalue weighted by molar-refractivity contribution is 0.162. The van der Waals surface area contributed by atoms with Crippen LogP contribution < -0.4 is 0 Å². The van der Waals surface area contributed by atoms with Crippen LogP contribution in [0.25, 0.3) is 0 Å². The maximum Gasteiger partial charge on any atom is 0.192 e. The molecule has 0 aliphatic carbocycles. The zero-order valence-corrected chi connectivity index (χ0v) is 13.0. The molecule has 0 aliphatic heterocycles. The Balaban J connectivity index is 4.40. The van der Waals surface area contributed by atoms with E-state index in [9.17, 15) is 0 Å². The molecule has 0 rings (SSSR count). The molecule has 0 unspecified atom stereocenters. The van der Waals surface area contributed by atoms with Gasteiger partial charge in [-0.15, -0.1) is 11.6 Å².